The van der Waals surface area contributed by atoms with Crippen molar-refractivity contribution in [2.24, 2.45) is 11.8 Å². The topological polar surface area (TPSA) is 92.3 Å². The summed E-state index contributed by atoms with van der Waals surface area (Å²) in [6.07, 6.45) is 8.61. The predicted molar refractivity (Wildman–Crippen MR) is 240 cm³/mol. The highest BCUT2D eigenvalue weighted by atomic mass is 32.2. The summed E-state index contributed by atoms with van der Waals surface area (Å²) in [5.74, 6) is 4.59. The summed E-state index contributed by atoms with van der Waals surface area (Å²) in [7, 11) is 0. The summed E-state index contributed by atoms with van der Waals surface area (Å²) < 4.78 is 59.2. The molecule has 0 aromatic carbocycles. The number of rotatable bonds is 23. The first-order valence-corrected chi connectivity index (χ1v) is 26.7. The Morgan fingerprint density at radius 2 is 1.07 bits per heavy atom. The van der Waals surface area contributed by atoms with Crippen LogP contribution in [0.15, 0.2) is 21.7 Å². The zero-order valence-corrected chi connectivity index (χ0v) is 38.7. The molecule has 6 aliphatic heterocycles. The molecule has 0 aliphatic carbocycles. The van der Waals surface area contributed by atoms with E-state index in [9.17, 15) is 0 Å². The Labute approximate surface area is 369 Å². The van der Waals surface area contributed by atoms with Gasteiger partial charge in [0.2, 0.25) is 0 Å². The lowest BCUT2D eigenvalue weighted by Crippen LogP contribution is -2.20. The zero-order valence-electron chi connectivity index (χ0n) is 33.8. The van der Waals surface area contributed by atoms with Crippen molar-refractivity contribution in [2.75, 3.05) is 106 Å². The van der Waals surface area contributed by atoms with Crippen LogP contribution < -0.4 is 18.9 Å². The van der Waals surface area contributed by atoms with Crippen molar-refractivity contribution >= 4 is 69.7 Å². The van der Waals surface area contributed by atoms with Gasteiger partial charge < -0.3 is 47.4 Å². The molecule has 2 aromatic rings. The van der Waals surface area contributed by atoms with E-state index < -0.39 is 0 Å². The second-order valence-corrected chi connectivity index (χ2v) is 22.5. The van der Waals surface area contributed by atoms with Crippen LogP contribution in [-0.4, -0.2) is 132 Å². The van der Waals surface area contributed by atoms with Gasteiger partial charge in [-0.15, -0.1) is 58.0 Å². The van der Waals surface area contributed by atoms with E-state index in [-0.39, 0.29) is 0 Å². The second-order valence-electron chi connectivity index (χ2n) is 15.2. The van der Waals surface area contributed by atoms with Gasteiger partial charge >= 0.3 is 0 Å². The summed E-state index contributed by atoms with van der Waals surface area (Å²) in [4.78, 5) is 4.21. The molecule has 58 heavy (non-hydrogen) atoms. The molecule has 8 rings (SSSR count). The lowest BCUT2D eigenvalue weighted by Gasteiger charge is -2.22. The quantitative estimate of drug-likeness (QED) is 0.0993. The van der Waals surface area contributed by atoms with Gasteiger partial charge in [-0.25, -0.2) is 0 Å². The molecule has 324 valence electrons. The summed E-state index contributed by atoms with van der Waals surface area (Å²) in [5.41, 5.74) is 0. The molecule has 9 atom stereocenters. The maximum atomic E-state index is 6.29. The lowest BCUT2D eigenvalue weighted by atomic mass is 9.96. The standard InChI is InChI=1S/C42H60O10S6/c1-3-43-9-11-45-13-15-47-23-27-21-35(57-39(27)41-37-29(25-53-41)49-17-19-51-37)33-7-5-31(55-33)32-6-8-34(56-32)36-22-28(24-48-16-14-46-12-10-44-4-2)40(58-36)42-38-30(26-54-42)50-18-20-52-38/h7,25-28,31-32,34-36,39-40H,3-6,8-24H2,1-2H3. The fourth-order valence-corrected chi connectivity index (χ4v) is 18.4. The van der Waals surface area contributed by atoms with Gasteiger partial charge in [0.15, 0.2) is 23.0 Å². The van der Waals surface area contributed by atoms with Crippen molar-refractivity contribution < 1.29 is 47.4 Å². The molecule has 10 nitrogen and oxygen atoms in total. The predicted octanol–water partition coefficient (Wildman–Crippen LogP) is 9.17. The zero-order chi connectivity index (χ0) is 39.5. The van der Waals surface area contributed by atoms with Crippen molar-refractivity contribution in [1.82, 2.24) is 0 Å². The molecule has 6 aliphatic rings. The molecule has 0 N–H and O–H groups in total. The van der Waals surface area contributed by atoms with E-state index in [0.717, 1.165) is 49.2 Å². The van der Waals surface area contributed by atoms with Crippen molar-refractivity contribution in [3.63, 3.8) is 0 Å². The van der Waals surface area contributed by atoms with E-state index in [1.54, 1.807) is 27.6 Å². The monoisotopic (exact) mass is 916 g/mol. The minimum absolute atomic E-state index is 0.327. The van der Waals surface area contributed by atoms with E-state index in [2.05, 4.69) is 63.9 Å². The maximum Gasteiger partial charge on any atom is 0.176 e. The lowest BCUT2D eigenvalue weighted by molar-refractivity contribution is 0.00896. The molecule has 9 unspecified atom stereocenters. The Hall–Kier alpha value is -0.500. The normalized spacial score (nSPS) is 30.4. The van der Waals surface area contributed by atoms with Crippen LogP contribution in [0.1, 0.15) is 66.2 Å². The molecule has 3 saturated heterocycles. The summed E-state index contributed by atoms with van der Waals surface area (Å²) >= 11 is 12.3. The van der Waals surface area contributed by atoms with E-state index >= 15 is 0 Å². The first-order valence-electron chi connectivity index (χ1n) is 21.2. The number of fused-ring (bicyclic) bond motifs is 2. The fraction of sp³-hybridized carbons (Fsp3) is 0.762. The number of hydrogen-bond acceptors (Lipinski definition) is 16. The molecule has 0 saturated carbocycles. The Balaban J connectivity index is 0.848. The minimum Gasteiger partial charge on any atom is -0.485 e. The van der Waals surface area contributed by atoms with E-state index in [0.29, 0.717) is 134 Å². The van der Waals surface area contributed by atoms with Crippen LogP contribution in [0.2, 0.25) is 0 Å². The highest BCUT2D eigenvalue weighted by molar-refractivity contribution is 8.09. The van der Waals surface area contributed by atoms with Crippen molar-refractivity contribution in [3.05, 3.63) is 31.5 Å². The Kier molecular flexibility index (Phi) is 17.3. The Morgan fingerprint density at radius 1 is 0.552 bits per heavy atom. The summed E-state index contributed by atoms with van der Waals surface area (Å²) in [6.45, 7) is 14.3. The molecule has 3 fully saturated rings. The minimum atomic E-state index is 0.327. The SMILES string of the molecule is CCOCCOCCOCC1CC(C2=CCC(C3CCC(C4CC(COCCOCCOCC)C(c5scc6c5OCCO6)S4)S3)S2)SC1c1scc2c1OCCO2. The van der Waals surface area contributed by atoms with Crippen LogP contribution in [0.25, 0.3) is 0 Å². The third kappa shape index (κ3) is 11.2. The Bertz CT molecular complexity index is 1590. The van der Waals surface area contributed by atoms with Gasteiger partial charge in [0, 0.05) is 72.6 Å². The average Bonchev–Trinajstić information content (AvgIpc) is 4.11. The first kappa shape index (κ1) is 44.1. The van der Waals surface area contributed by atoms with Gasteiger partial charge in [0.1, 0.15) is 26.4 Å². The molecule has 2 aromatic heterocycles. The van der Waals surface area contributed by atoms with Crippen molar-refractivity contribution in [3.8, 4) is 23.0 Å². The molecular weight excluding hydrogens is 857 g/mol. The van der Waals surface area contributed by atoms with Gasteiger partial charge in [-0.2, -0.15) is 11.8 Å². The van der Waals surface area contributed by atoms with Gasteiger partial charge in [0.05, 0.1) is 75.8 Å². The molecule has 0 bridgehead atoms. The molecule has 0 amide bonds. The molecular formula is C42H60O10S6. The Morgan fingerprint density at radius 3 is 1.67 bits per heavy atom. The third-order valence-corrected chi connectivity index (χ3v) is 21.0. The number of ether oxygens (including phenoxy) is 10. The molecule has 8 heterocycles. The highest BCUT2D eigenvalue weighted by Gasteiger charge is 2.47. The largest absolute Gasteiger partial charge is 0.485 e. The van der Waals surface area contributed by atoms with Crippen LogP contribution >= 0.6 is 69.7 Å². The number of thioether (sulfide) groups is 4. The fourth-order valence-electron chi connectivity index (χ4n) is 8.57. The average molecular weight is 917 g/mol. The van der Waals surface area contributed by atoms with Gasteiger partial charge in [-0.1, -0.05) is 6.08 Å². The first-order chi connectivity index (χ1) is 28.7. The van der Waals surface area contributed by atoms with Crippen LogP contribution in [-0.2, 0) is 28.4 Å². The van der Waals surface area contributed by atoms with Crippen LogP contribution in [0, 0.1) is 11.8 Å². The van der Waals surface area contributed by atoms with Crippen LogP contribution in [0.3, 0.4) is 0 Å². The molecule has 0 spiro atoms. The van der Waals surface area contributed by atoms with Crippen molar-refractivity contribution in [2.45, 2.75) is 82.7 Å². The number of allylic oxidation sites excluding steroid dienone is 1. The van der Waals surface area contributed by atoms with Gasteiger partial charge in [-0.05, 0) is 50.9 Å². The van der Waals surface area contributed by atoms with Gasteiger partial charge in [0.25, 0.3) is 0 Å². The third-order valence-electron chi connectivity index (χ3n) is 11.3. The van der Waals surface area contributed by atoms with Crippen LogP contribution in [0.5, 0.6) is 23.0 Å². The summed E-state index contributed by atoms with van der Waals surface area (Å²) in [6, 6.07) is 0. The number of hydrogen-bond donors (Lipinski definition) is 0. The molecule has 0 radical (unpaired) electrons. The molecule has 16 heteroatoms. The van der Waals surface area contributed by atoms with E-state index in [1.165, 1.54) is 35.4 Å². The summed E-state index contributed by atoms with van der Waals surface area (Å²) in [5, 5.41) is 8.01. The number of thiophene rings is 2. The smallest absolute Gasteiger partial charge is 0.176 e. The second kappa shape index (κ2) is 22.7. The van der Waals surface area contributed by atoms with Gasteiger partial charge in [-0.3, -0.25) is 0 Å². The van der Waals surface area contributed by atoms with E-state index in [1.807, 2.05) is 13.8 Å². The van der Waals surface area contributed by atoms with E-state index in [4.69, 9.17) is 47.4 Å². The maximum absolute atomic E-state index is 6.29. The highest BCUT2D eigenvalue weighted by Crippen LogP contribution is 2.62. The van der Waals surface area contributed by atoms with Crippen molar-refractivity contribution in [1.29, 1.82) is 0 Å². The van der Waals surface area contributed by atoms with Crippen LogP contribution in [0.4, 0.5) is 0 Å².